The number of aliphatic hydroxyl groups is 3. The predicted octanol–water partition coefficient (Wildman–Crippen LogP) is -3.92. The first-order valence-electron chi connectivity index (χ1n) is 15.6. The van der Waals surface area contributed by atoms with E-state index >= 15 is 0 Å². The lowest BCUT2D eigenvalue weighted by Crippen LogP contribution is -3.00. The van der Waals surface area contributed by atoms with Gasteiger partial charge in [0.25, 0.3) is 5.91 Å². The van der Waals surface area contributed by atoms with Gasteiger partial charge >= 0.3 is 0 Å². The molecule has 0 unspecified atom stereocenters. The van der Waals surface area contributed by atoms with E-state index in [-0.39, 0.29) is 30.6 Å². The molecule has 0 spiro atoms. The summed E-state index contributed by atoms with van der Waals surface area (Å²) < 4.78 is 0. The summed E-state index contributed by atoms with van der Waals surface area (Å²) in [5.41, 5.74) is 7.05. The number of aromatic amines is 1. The molecule has 10 N–H and O–H groups in total. The van der Waals surface area contributed by atoms with Crippen LogP contribution >= 0.6 is 22.7 Å². The maximum atomic E-state index is 13.0. The van der Waals surface area contributed by atoms with Gasteiger partial charge in [-0.05, 0) is 24.7 Å². The standard InChI is InChI=1S/C30H45N9O7S3.ClH/c1-15(24(41)16(2)36-28(45)22(31)25(42)18-11-32-14-35-18)26(43)39-23(17(3)40)29(46)34-9-7-21-37-20(13-47-21)30-38-19(12-48-30)27(44)33-8-6-10-49(4)5;/h11-17,22-25,40-42H,6-10,31H2,1-5H3,(H4-,32,33,34,35,36,39,43,44,45,46);1H/t15-,16+,17+,22-,23-,24-,25-;/m0./s1. The van der Waals surface area contributed by atoms with Crippen LogP contribution in [-0.2, 0) is 31.7 Å². The molecule has 16 nitrogen and oxygen atoms in total. The van der Waals surface area contributed by atoms with Crippen molar-refractivity contribution in [2.24, 2.45) is 11.7 Å². The largest absolute Gasteiger partial charge is 1.00 e. The number of aliphatic hydroxyl groups excluding tert-OH is 3. The van der Waals surface area contributed by atoms with Gasteiger partial charge in [0.15, 0.2) is 0 Å². The summed E-state index contributed by atoms with van der Waals surface area (Å²) in [7, 11) is 0.330. The Kier molecular flexibility index (Phi) is 17.7. The highest BCUT2D eigenvalue weighted by Gasteiger charge is 2.34. The second-order valence-corrected chi connectivity index (χ2v) is 16.0. The number of thiazole rings is 2. The minimum absolute atomic E-state index is 0. The Morgan fingerprint density at radius 3 is 2.32 bits per heavy atom. The molecule has 0 radical (unpaired) electrons. The van der Waals surface area contributed by atoms with Gasteiger partial charge in [-0.25, -0.2) is 15.0 Å². The average molecular weight is 776 g/mol. The van der Waals surface area contributed by atoms with E-state index in [1.54, 1.807) is 5.38 Å². The number of rotatable bonds is 19. The van der Waals surface area contributed by atoms with Gasteiger partial charge in [0, 0.05) is 36.7 Å². The molecule has 3 aromatic rings. The number of imidazole rings is 1. The van der Waals surface area contributed by atoms with Gasteiger partial charge in [-0.1, -0.05) is 6.92 Å². The molecule has 0 bridgehead atoms. The fraction of sp³-hybridized carbons (Fsp3) is 0.567. The van der Waals surface area contributed by atoms with Gasteiger partial charge in [-0.3, -0.25) is 19.2 Å². The zero-order valence-electron chi connectivity index (χ0n) is 28.4. The van der Waals surface area contributed by atoms with Gasteiger partial charge in [0.2, 0.25) is 17.7 Å². The number of carbonyl (C=O) groups excluding carboxylic acids is 4. The number of amides is 4. The van der Waals surface area contributed by atoms with Crippen LogP contribution in [0.2, 0.25) is 0 Å². The first-order valence-corrected chi connectivity index (χ1v) is 19.6. The number of hydrogen-bond donors (Lipinski definition) is 9. The van der Waals surface area contributed by atoms with Crippen LogP contribution in [0.4, 0.5) is 0 Å². The lowest BCUT2D eigenvalue weighted by Gasteiger charge is -2.28. The Hall–Kier alpha value is -3.17. The maximum absolute atomic E-state index is 13.0. The number of nitrogens with zero attached hydrogens (tertiary/aromatic N) is 3. The smallest absolute Gasteiger partial charge is 0.270 e. The van der Waals surface area contributed by atoms with Crippen LogP contribution in [0.25, 0.3) is 10.7 Å². The molecule has 3 heterocycles. The highest BCUT2D eigenvalue weighted by Crippen LogP contribution is 2.25. The van der Waals surface area contributed by atoms with Crippen molar-refractivity contribution >= 4 is 57.2 Å². The van der Waals surface area contributed by atoms with Crippen LogP contribution in [0.5, 0.6) is 0 Å². The van der Waals surface area contributed by atoms with E-state index in [2.05, 4.69) is 53.7 Å². The normalized spacial score (nSPS) is 15.5. The Bertz CT molecular complexity index is 1520. The summed E-state index contributed by atoms with van der Waals surface area (Å²) in [6.45, 7) is 4.98. The van der Waals surface area contributed by atoms with Crippen molar-refractivity contribution < 1.29 is 46.9 Å². The summed E-state index contributed by atoms with van der Waals surface area (Å²) in [5, 5.41) is 46.7. The summed E-state index contributed by atoms with van der Waals surface area (Å²) in [5.74, 6) is -2.39. The first kappa shape index (κ1) is 43.0. The van der Waals surface area contributed by atoms with Crippen LogP contribution in [0.15, 0.2) is 23.3 Å². The van der Waals surface area contributed by atoms with Crippen molar-refractivity contribution in [3.63, 3.8) is 0 Å². The molecule has 0 aliphatic carbocycles. The Morgan fingerprint density at radius 2 is 1.68 bits per heavy atom. The van der Waals surface area contributed by atoms with Crippen molar-refractivity contribution in [2.45, 2.75) is 70.1 Å². The van der Waals surface area contributed by atoms with Crippen molar-refractivity contribution in [2.75, 3.05) is 31.4 Å². The highest BCUT2D eigenvalue weighted by molar-refractivity contribution is 7.95. The van der Waals surface area contributed by atoms with Gasteiger partial charge in [0.05, 0.1) is 59.9 Å². The number of aromatic nitrogens is 4. The van der Waals surface area contributed by atoms with Crippen LogP contribution in [0, 0.1) is 5.92 Å². The molecule has 3 aromatic heterocycles. The number of hydrogen-bond acceptors (Lipinski definition) is 13. The Labute approximate surface area is 307 Å². The molecule has 3 rings (SSSR count). The monoisotopic (exact) mass is 775 g/mol. The maximum Gasteiger partial charge on any atom is 0.270 e. The third kappa shape index (κ3) is 12.6. The van der Waals surface area contributed by atoms with Gasteiger partial charge in [0.1, 0.15) is 40.3 Å². The molecule has 278 valence electrons. The van der Waals surface area contributed by atoms with Crippen molar-refractivity contribution in [3.8, 4) is 10.7 Å². The molecule has 50 heavy (non-hydrogen) atoms. The molecule has 0 aliphatic rings. The fourth-order valence-corrected chi connectivity index (χ4v) is 6.86. The third-order valence-electron chi connectivity index (χ3n) is 7.51. The lowest BCUT2D eigenvalue weighted by molar-refractivity contribution is -0.136. The van der Waals surface area contributed by atoms with E-state index in [4.69, 9.17) is 5.73 Å². The van der Waals surface area contributed by atoms with E-state index in [1.807, 2.05) is 5.38 Å². The molecule has 4 amide bonds. The summed E-state index contributed by atoms with van der Waals surface area (Å²) in [6, 6.07) is -3.65. The van der Waals surface area contributed by atoms with Gasteiger partial charge in [-0.15, -0.1) is 22.7 Å². The van der Waals surface area contributed by atoms with E-state index < -0.39 is 60.1 Å². The molecule has 0 aliphatic heterocycles. The second-order valence-electron chi connectivity index (χ2n) is 11.8. The van der Waals surface area contributed by atoms with Crippen LogP contribution in [0.1, 0.15) is 54.5 Å². The topological polar surface area (TPSA) is 258 Å². The SMILES string of the molecule is C[C@H](C(=O)N[C@H](C(=O)NCCc1nc(-c2nc(C(=O)NCCC[S+](C)C)cs2)cs1)[C@@H](C)O)[C@H](O)[C@@H](C)NC(=O)[C@@H](N)[C@@H](O)c1cnc[nH]1.[Cl-]. The Balaban J connectivity index is 0.00000867. The van der Waals surface area contributed by atoms with Gasteiger partial charge in [-0.2, -0.15) is 0 Å². The van der Waals surface area contributed by atoms with Crippen molar-refractivity contribution in [3.05, 3.63) is 39.7 Å². The quantitative estimate of drug-likeness (QED) is 0.0420. The molecular formula is C30H46ClN9O7S3. The molecule has 0 aromatic carbocycles. The molecule has 0 saturated heterocycles. The minimum Gasteiger partial charge on any atom is -1.00 e. The number of carbonyl (C=O) groups is 4. The van der Waals surface area contributed by atoms with E-state index in [0.29, 0.717) is 45.3 Å². The van der Waals surface area contributed by atoms with Crippen molar-refractivity contribution in [1.29, 1.82) is 0 Å². The van der Waals surface area contributed by atoms with Gasteiger partial charge < -0.3 is 59.7 Å². The zero-order valence-corrected chi connectivity index (χ0v) is 31.6. The average Bonchev–Trinajstić information content (AvgIpc) is 3.86. The number of H-pyrrole nitrogens is 1. The predicted molar refractivity (Wildman–Crippen MR) is 189 cm³/mol. The molecule has 20 heteroatoms. The highest BCUT2D eigenvalue weighted by atomic mass is 35.5. The zero-order chi connectivity index (χ0) is 36.2. The molecule has 7 atom stereocenters. The van der Waals surface area contributed by atoms with Crippen LogP contribution in [0.3, 0.4) is 0 Å². The number of halogens is 1. The van der Waals surface area contributed by atoms with E-state index in [1.165, 1.54) is 56.0 Å². The minimum atomic E-state index is -1.39. The molecular weight excluding hydrogens is 730 g/mol. The van der Waals surface area contributed by atoms with Crippen LogP contribution < -0.4 is 39.4 Å². The number of nitrogens with two attached hydrogens (primary N) is 1. The molecule has 0 fully saturated rings. The lowest BCUT2D eigenvalue weighted by atomic mass is 9.96. The first-order chi connectivity index (χ1) is 23.2. The second kappa shape index (κ2) is 20.6. The van der Waals surface area contributed by atoms with E-state index in [0.717, 1.165) is 12.2 Å². The third-order valence-corrected chi connectivity index (χ3v) is 10.4. The Morgan fingerprint density at radius 1 is 0.960 bits per heavy atom. The summed E-state index contributed by atoms with van der Waals surface area (Å²) in [4.78, 5) is 66.3. The summed E-state index contributed by atoms with van der Waals surface area (Å²) >= 11 is 2.70. The van der Waals surface area contributed by atoms with Crippen LogP contribution in [-0.4, -0.2) is 121 Å². The summed E-state index contributed by atoms with van der Waals surface area (Å²) in [6.07, 6.45) is 4.24. The van der Waals surface area contributed by atoms with E-state index in [9.17, 15) is 34.5 Å². The molecule has 0 saturated carbocycles. The number of nitrogens with one attached hydrogen (secondary N) is 5. The van der Waals surface area contributed by atoms with Crippen molar-refractivity contribution in [1.82, 2.24) is 41.2 Å². The fourth-order valence-electron chi connectivity index (χ4n) is 4.52.